The zero-order valence-electron chi connectivity index (χ0n) is 20.5. The number of carbonyl (C=O) groups is 2. The molecule has 1 aromatic heterocycles. The number of oxazole rings is 1. The van der Waals surface area contributed by atoms with Crippen LogP contribution in [-0.4, -0.2) is 28.2 Å². The van der Waals surface area contributed by atoms with Crippen molar-refractivity contribution in [2.45, 2.75) is 32.9 Å². The fourth-order valence-corrected chi connectivity index (χ4v) is 4.49. The van der Waals surface area contributed by atoms with Crippen molar-refractivity contribution in [2.75, 3.05) is 11.9 Å². The van der Waals surface area contributed by atoms with Crippen molar-refractivity contribution in [2.24, 2.45) is 0 Å². The Labute approximate surface area is 213 Å². The summed E-state index contributed by atoms with van der Waals surface area (Å²) in [5, 5.41) is 2.64. The van der Waals surface area contributed by atoms with Crippen LogP contribution in [0.5, 0.6) is 5.75 Å². The van der Waals surface area contributed by atoms with E-state index < -0.39 is 5.91 Å². The summed E-state index contributed by atoms with van der Waals surface area (Å²) in [6, 6.07) is 19.3. The first-order valence-electron chi connectivity index (χ1n) is 12.0. The molecule has 0 spiro atoms. The second-order valence-electron chi connectivity index (χ2n) is 9.01. The Morgan fingerprint density at radius 2 is 1.86 bits per heavy atom. The van der Waals surface area contributed by atoms with Gasteiger partial charge in [0.05, 0.1) is 6.04 Å². The van der Waals surface area contributed by atoms with Crippen molar-refractivity contribution < 1.29 is 23.1 Å². The van der Waals surface area contributed by atoms with Crippen LogP contribution < -0.4 is 10.1 Å². The largest absolute Gasteiger partial charge is 0.484 e. The maximum Gasteiger partial charge on any atom is 0.277 e. The SMILES string of the molecule is CC(=O)N1CCc2ccc(OCc3nc(C(=O)Nc4ccc(F)cc4)co3)cc2C1c1ccc(C)cc1. The summed E-state index contributed by atoms with van der Waals surface area (Å²) >= 11 is 0. The van der Waals surface area contributed by atoms with E-state index in [2.05, 4.69) is 34.6 Å². The second-order valence-corrected chi connectivity index (χ2v) is 9.01. The average molecular weight is 500 g/mol. The fourth-order valence-electron chi connectivity index (χ4n) is 4.49. The normalized spacial score (nSPS) is 14.7. The molecule has 0 bridgehead atoms. The number of fused-ring (bicyclic) bond motifs is 1. The number of ether oxygens (including phenoxy) is 1. The minimum Gasteiger partial charge on any atom is -0.484 e. The first-order valence-corrected chi connectivity index (χ1v) is 12.0. The van der Waals surface area contributed by atoms with Gasteiger partial charge in [0.1, 0.15) is 17.8 Å². The fraction of sp³-hybridized carbons (Fsp3) is 0.207. The van der Waals surface area contributed by atoms with Gasteiger partial charge in [0.15, 0.2) is 12.3 Å². The molecular formula is C29H26FN3O4. The Balaban J connectivity index is 1.31. The summed E-state index contributed by atoms with van der Waals surface area (Å²) in [5.41, 5.74) is 4.93. The van der Waals surface area contributed by atoms with Crippen LogP contribution in [0.2, 0.25) is 0 Å². The van der Waals surface area contributed by atoms with Crippen LogP contribution >= 0.6 is 0 Å². The molecule has 0 saturated heterocycles. The van der Waals surface area contributed by atoms with Gasteiger partial charge < -0.3 is 19.4 Å². The van der Waals surface area contributed by atoms with Gasteiger partial charge in [0.25, 0.3) is 5.91 Å². The van der Waals surface area contributed by atoms with Crippen molar-refractivity contribution in [1.29, 1.82) is 0 Å². The zero-order valence-corrected chi connectivity index (χ0v) is 20.5. The highest BCUT2D eigenvalue weighted by Crippen LogP contribution is 2.37. The van der Waals surface area contributed by atoms with E-state index in [0.717, 1.165) is 23.1 Å². The highest BCUT2D eigenvalue weighted by atomic mass is 19.1. The lowest BCUT2D eigenvalue weighted by molar-refractivity contribution is -0.130. The number of nitrogens with one attached hydrogen (secondary N) is 1. The van der Waals surface area contributed by atoms with Gasteiger partial charge in [-0.25, -0.2) is 9.37 Å². The van der Waals surface area contributed by atoms with Crippen LogP contribution in [0.15, 0.2) is 77.4 Å². The monoisotopic (exact) mass is 499 g/mol. The summed E-state index contributed by atoms with van der Waals surface area (Å²) in [6.45, 7) is 4.31. The van der Waals surface area contributed by atoms with E-state index in [-0.39, 0.29) is 36.0 Å². The zero-order chi connectivity index (χ0) is 25.9. The molecule has 1 aliphatic rings. The maximum absolute atomic E-state index is 13.1. The molecule has 0 saturated carbocycles. The average Bonchev–Trinajstić information content (AvgIpc) is 3.38. The number of carbonyl (C=O) groups excluding carboxylic acids is 2. The summed E-state index contributed by atoms with van der Waals surface area (Å²) < 4.78 is 24.4. The Hall–Kier alpha value is -4.46. The molecule has 1 atom stereocenters. The van der Waals surface area contributed by atoms with E-state index in [9.17, 15) is 14.0 Å². The molecule has 37 heavy (non-hydrogen) atoms. The summed E-state index contributed by atoms with van der Waals surface area (Å²) in [7, 11) is 0. The lowest BCUT2D eigenvalue weighted by Crippen LogP contribution is -2.39. The Morgan fingerprint density at radius 1 is 1.11 bits per heavy atom. The minimum atomic E-state index is -0.472. The molecule has 1 aliphatic heterocycles. The van der Waals surface area contributed by atoms with Crippen LogP contribution in [0.1, 0.15) is 51.6 Å². The lowest BCUT2D eigenvalue weighted by atomic mass is 9.87. The second kappa shape index (κ2) is 10.3. The number of hydrogen-bond donors (Lipinski definition) is 1. The Bertz CT molecular complexity index is 1430. The van der Waals surface area contributed by atoms with Crippen LogP contribution in [0.3, 0.4) is 0 Å². The minimum absolute atomic E-state index is 0.0220. The lowest BCUT2D eigenvalue weighted by Gasteiger charge is -2.37. The molecule has 0 aliphatic carbocycles. The van der Waals surface area contributed by atoms with Crippen molar-refractivity contribution in [3.05, 3.63) is 113 Å². The van der Waals surface area contributed by atoms with Gasteiger partial charge in [-0.3, -0.25) is 9.59 Å². The molecular weight excluding hydrogens is 473 g/mol. The predicted molar refractivity (Wildman–Crippen MR) is 136 cm³/mol. The van der Waals surface area contributed by atoms with Gasteiger partial charge in [-0.1, -0.05) is 35.9 Å². The topological polar surface area (TPSA) is 84.7 Å². The summed E-state index contributed by atoms with van der Waals surface area (Å²) in [4.78, 5) is 31.0. The molecule has 4 aromatic rings. The van der Waals surface area contributed by atoms with E-state index in [1.165, 1.54) is 36.1 Å². The number of hydrogen-bond acceptors (Lipinski definition) is 5. The molecule has 1 unspecified atom stereocenters. The number of nitrogens with zero attached hydrogens (tertiary/aromatic N) is 2. The van der Waals surface area contributed by atoms with Crippen molar-refractivity contribution >= 4 is 17.5 Å². The van der Waals surface area contributed by atoms with Gasteiger partial charge in [0, 0.05) is 19.2 Å². The predicted octanol–water partition coefficient (Wildman–Crippen LogP) is 5.45. The molecule has 0 fully saturated rings. The summed E-state index contributed by atoms with van der Waals surface area (Å²) in [5.74, 6) is 0.00821. The number of rotatable bonds is 6. The van der Waals surface area contributed by atoms with Gasteiger partial charge in [-0.2, -0.15) is 0 Å². The first-order chi connectivity index (χ1) is 17.9. The number of amides is 2. The van der Waals surface area contributed by atoms with Crippen LogP contribution in [-0.2, 0) is 17.8 Å². The molecule has 3 aromatic carbocycles. The molecule has 188 valence electrons. The molecule has 2 amide bonds. The highest BCUT2D eigenvalue weighted by Gasteiger charge is 2.30. The quantitative estimate of drug-likeness (QED) is 0.382. The molecule has 7 nitrogen and oxygen atoms in total. The van der Waals surface area contributed by atoms with E-state index in [0.29, 0.717) is 18.0 Å². The van der Waals surface area contributed by atoms with Crippen LogP contribution in [0.4, 0.5) is 10.1 Å². The third-order valence-electron chi connectivity index (χ3n) is 6.39. The van der Waals surface area contributed by atoms with Crippen molar-refractivity contribution in [3.8, 4) is 5.75 Å². The van der Waals surface area contributed by atoms with Gasteiger partial charge >= 0.3 is 0 Å². The number of aromatic nitrogens is 1. The van der Waals surface area contributed by atoms with Crippen LogP contribution in [0.25, 0.3) is 0 Å². The molecule has 1 N–H and O–H groups in total. The standard InChI is InChI=1S/C29H26FN3O4/c1-18-3-5-21(6-4-18)28-25-15-24(12-7-20(25)13-14-33(28)19(2)34)36-17-27-32-26(16-37-27)29(35)31-23-10-8-22(30)9-11-23/h3-12,15-16,28H,13-14,17H2,1-2H3,(H,31,35). The van der Waals surface area contributed by atoms with E-state index in [4.69, 9.17) is 9.15 Å². The molecule has 2 heterocycles. The number of anilines is 1. The van der Waals surface area contributed by atoms with Gasteiger partial charge in [-0.15, -0.1) is 0 Å². The van der Waals surface area contributed by atoms with Gasteiger partial charge in [-0.05, 0) is 66.4 Å². The molecule has 5 rings (SSSR count). The van der Waals surface area contributed by atoms with E-state index in [1.807, 2.05) is 30.0 Å². The van der Waals surface area contributed by atoms with E-state index >= 15 is 0 Å². The van der Waals surface area contributed by atoms with Gasteiger partial charge in [0.2, 0.25) is 11.8 Å². The highest BCUT2D eigenvalue weighted by molar-refractivity contribution is 6.02. The first kappa shape index (κ1) is 24.2. The maximum atomic E-state index is 13.1. The number of benzene rings is 3. The third kappa shape index (κ3) is 5.38. The molecule has 0 radical (unpaired) electrons. The van der Waals surface area contributed by atoms with Crippen molar-refractivity contribution in [1.82, 2.24) is 9.88 Å². The summed E-state index contributed by atoms with van der Waals surface area (Å²) in [6.07, 6.45) is 2.02. The van der Waals surface area contributed by atoms with Crippen molar-refractivity contribution in [3.63, 3.8) is 0 Å². The Morgan fingerprint density at radius 3 is 2.59 bits per heavy atom. The van der Waals surface area contributed by atoms with E-state index in [1.54, 1.807) is 6.92 Å². The number of aryl methyl sites for hydroxylation is 1. The third-order valence-corrected chi connectivity index (χ3v) is 6.39. The smallest absolute Gasteiger partial charge is 0.277 e. The Kier molecular flexibility index (Phi) is 6.72. The molecule has 8 heteroatoms. The number of halogens is 1. The van der Waals surface area contributed by atoms with Crippen LogP contribution in [0, 0.1) is 12.7 Å².